The first-order valence-electron chi connectivity index (χ1n) is 13.5. The maximum atomic E-state index is 14.3. The zero-order valence-electron chi connectivity index (χ0n) is 23.0. The number of piperidine rings is 1. The zero-order chi connectivity index (χ0) is 29.3. The van der Waals surface area contributed by atoms with Gasteiger partial charge in [-0.3, -0.25) is 0 Å². The Balaban J connectivity index is 1.17. The number of hydrogen-bond acceptors (Lipinski definition) is 10. The fourth-order valence-corrected chi connectivity index (χ4v) is 5.06. The molecule has 11 nitrogen and oxygen atoms in total. The maximum absolute atomic E-state index is 14.3. The molecule has 2 fully saturated rings. The van der Waals surface area contributed by atoms with Crippen LogP contribution in [0.5, 0.6) is 0 Å². The molecule has 220 valence electrons. The van der Waals surface area contributed by atoms with E-state index in [2.05, 4.69) is 20.1 Å². The molecule has 4 heterocycles. The van der Waals surface area contributed by atoms with E-state index in [0.29, 0.717) is 55.9 Å². The Kier molecular flexibility index (Phi) is 8.40. The molecule has 1 aromatic carbocycles. The molecule has 3 aromatic rings. The molecular weight excluding hydrogens is 543 g/mol. The molecule has 0 unspecified atom stereocenters. The van der Waals surface area contributed by atoms with E-state index in [1.807, 2.05) is 20.8 Å². The van der Waals surface area contributed by atoms with E-state index in [-0.39, 0.29) is 36.3 Å². The molecule has 0 bridgehead atoms. The summed E-state index contributed by atoms with van der Waals surface area (Å²) in [5.74, 6) is -2.85. The monoisotopic (exact) mass is 575 g/mol. The second-order valence-electron chi connectivity index (χ2n) is 10.6. The first kappa shape index (κ1) is 28.7. The molecule has 14 heteroatoms. The van der Waals surface area contributed by atoms with Gasteiger partial charge in [-0.15, -0.1) is 0 Å². The highest BCUT2D eigenvalue weighted by Gasteiger charge is 2.35. The van der Waals surface area contributed by atoms with Gasteiger partial charge >= 0.3 is 6.09 Å². The molecule has 2 aliphatic rings. The highest BCUT2D eigenvalue weighted by molar-refractivity contribution is 5.67. The van der Waals surface area contributed by atoms with Gasteiger partial charge < -0.3 is 29.5 Å². The van der Waals surface area contributed by atoms with Crippen molar-refractivity contribution in [3.63, 3.8) is 0 Å². The summed E-state index contributed by atoms with van der Waals surface area (Å²) in [6.07, 6.45) is 3.40. The molecule has 0 aliphatic carbocycles. The van der Waals surface area contributed by atoms with Crippen molar-refractivity contribution in [2.75, 3.05) is 31.1 Å². The second-order valence-corrected chi connectivity index (χ2v) is 10.6. The van der Waals surface area contributed by atoms with Crippen LogP contribution in [0.3, 0.4) is 0 Å². The summed E-state index contributed by atoms with van der Waals surface area (Å²) in [6.45, 7) is 7.09. The molecule has 41 heavy (non-hydrogen) atoms. The molecule has 1 amide bonds. The minimum Gasteiger partial charge on any atom is -0.447 e. The Bertz CT molecular complexity index is 1370. The van der Waals surface area contributed by atoms with Crippen molar-refractivity contribution in [2.24, 2.45) is 5.73 Å². The first-order valence-corrected chi connectivity index (χ1v) is 13.5. The fourth-order valence-electron chi connectivity index (χ4n) is 5.06. The quantitative estimate of drug-likeness (QED) is 0.413. The largest absolute Gasteiger partial charge is 0.447 e. The third-order valence-corrected chi connectivity index (χ3v) is 7.21. The number of carbonyl (C=O) groups is 1. The van der Waals surface area contributed by atoms with Crippen LogP contribution in [-0.2, 0) is 9.47 Å². The van der Waals surface area contributed by atoms with Crippen molar-refractivity contribution in [1.29, 1.82) is 0 Å². The average molecular weight is 576 g/mol. The van der Waals surface area contributed by atoms with Crippen LogP contribution in [0.2, 0.25) is 0 Å². The standard InChI is InChI=1S/C27H32F3N7O4/c1-14(2)39-27(38)36-6-4-17(5-7-36)40-15(3)24-34-25(41-35-24)16-10-32-26(33-11-16)37-12-19(23(31)13-37)18-8-21(29)22(30)9-20(18)28/h8-11,14-15,17,19,23H,4-7,12-13,31H2,1-3H3/t15-,19-,23+/m1/s1. The van der Waals surface area contributed by atoms with Crippen molar-refractivity contribution >= 4 is 12.0 Å². The van der Waals surface area contributed by atoms with Gasteiger partial charge in [0.1, 0.15) is 11.9 Å². The Morgan fingerprint density at radius 2 is 1.73 bits per heavy atom. The summed E-state index contributed by atoms with van der Waals surface area (Å²) in [5, 5.41) is 4.04. The Labute approximate surface area is 234 Å². The number of carbonyl (C=O) groups excluding carboxylic acids is 1. The van der Waals surface area contributed by atoms with E-state index < -0.39 is 35.5 Å². The number of ether oxygens (including phenoxy) is 2. The van der Waals surface area contributed by atoms with Crippen LogP contribution < -0.4 is 10.6 Å². The highest BCUT2D eigenvalue weighted by atomic mass is 19.2. The summed E-state index contributed by atoms with van der Waals surface area (Å²) < 4.78 is 58.2. The Morgan fingerprint density at radius 3 is 2.41 bits per heavy atom. The minimum absolute atomic E-state index is 0.0180. The van der Waals surface area contributed by atoms with E-state index in [0.717, 1.165) is 6.07 Å². The second kappa shape index (κ2) is 12.0. The van der Waals surface area contributed by atoms with Gasteiger partial charge in [0.25, 0.3) is 5.89 Å². The fraction of sp³-hybridized carbons (Fsp3) is 0.519. The lowest BCUT2D eigenvalue weighted by atomic mass is 9.94. The normalized spacial score (nSPS) is 20.6. The van der Waals surface area contributed by atoms with Gasteiger partial charge in [0.2, 0.25) is 11.8 Å². The first-order chi connectivity index (χ1) is 19.6. The smallest absolute Gasteiger partial charge is 0.410 e. The van der Waals surface area contributed by atoms with Gasteiger partial charge in [-0.25, -0.2) is 27.9 Å². The molecule has 0 spiro atoms. The van der Waals surface area contributed by atoms with Gasteiger partial charge in [0.05, 0.1) is 17.8 Å². The number of halogens is 3. The lowest BCUT2D eigenvalue weighted by molar-refractivity contribution is -0.0402. The lowest BCUT2D eigenvalue weighted by Gasteiger charge is -2.32. The van der Waals surface area contributed by atoms with Crippen LogP contribution in [0, 0.1) is 17.5 Å². The summed E-state index contributed by atoms with van der Waals surface area (Å²) in [7, 11) is 0. The van der Waals surface area contributed by atoms with Gasteiger partial charge in [-0.1, -0.05) is 5.16 Å². The molecule has 2 aliphatic heterocycles. The van der Waals surface area contributed by atoms with Crippen molar-refractivity contribution in [3.05, 3.63) is 53.4 Å². The van der Waals surface area contributed by atoms with Crippen molar-refractivity contribution in [3.8, 4) is 11.5 Å². The predicted octanol–water partition coefficient (Wildman–Crippen LogP) is 3.96. The molecule has 5 rings (SSSR count). The maximum Gasteiger partial charge on any atom is 0.410 e. The minimum atomic E-state index is -1.25. The summed E-state index contributed by atoms with van der Waals surface area (Å²) >= 11 is 0. The third-order valence-electron chi connectivity index (χ3n) is 7.21. The van der Waals surface area contributed by atoms with E-state index in [1.165, 1.54) is 12.4 Å². The molecule has 2 aromatic heterocycles. The van der Waals surface area contributed by atoms with Crippen LogP contribution in [0.1, 0.15) is 57.0 Å². The van der Waals surface area contributed by atoms with Gasteiger partial charge in [-0.05, 0) is 45.2 Å². The van der Waals surface area contributed by atoms with E-state index >= 15 is 0 Å². The third kappa shape index (κ3) is 6.43. The highest BCUT2D eigenvalue weighted by Crippen LogP contribution is 2.32. The van der Waals surface area contributed by atoms with Crippen LogP contribution in [0.4, 0.5) is 23.9 Å². The number of nitrogens with two attached hydrogens (primary N) is 1. The van der Waals surface area contributed by atoms with Crippen LogP contribution in [0.15, 0.2) is 29.0 Å². The number of rotatable bonds is 7. The van der Waals surface area contributed by atoms with Gasteiger partial charge in [0.15, 0.2) is 11.6 Å². The number of benzene rings is 1. The van der Waals surface area contributed by atoms with Crippen molar-refractivity contribution in [1.82, 2.24) is 25.0 Å². The van der Waals surface area contributed by atoms with Gasteiger partial charge in [-0.2, -0.15) is 4.98 Å². The number of nitrogens with zero attached hydrogens (tertiary/aromatic N) is 6. The molecule has 2 N–H and O–H groups in total. The number of amides is 1. The van der Waals surface area contributed by atoms with Crippen LogP contribution in [0.25, 0.3) is 11.5 Å². The molecule has 2 saturated heterocycles. The summed E-state index contributed by atoms with van der Waals surface area (Å²) in [6, 6.07) is 0.858. The SMILES string of the molecule is CC(C)OC(=O)N1CCC(O[C@H](C)c2noc(-c3cnc(N4C[C@H](c5cc(F)c(F)cc5F)[C@@H](N)C4)nc3)n2)CC1. The number of likely N-dealkylation sites (tertiary alicyclic amines) is 1. The van der Waals surface area contributed by atoms with Gasteiger partial charge in [0, 0.05) is 56.6 Å². The van der Waals surface area contributed by atoms with E-state index in [4.69, 9.17) is 19.7 Å². The Hall–Kier alpha value is -3.78. The number of hydrogen-bond donors (Lipinski definition) is 1. The van der Waals surface area contributed by atoms with Crippen LogP contribution >= 0.6 is 0 Å². The summed E-state index contributed by atoms with van der Waals surface area (Å²) in [5.41, 5.74) is 6.71. The summed E-state index contributed by atoms with van der Waals surface area (Å²) in [4.78, 5) is 28.7. The molecular formula is C27H32F3N7O4. The Morgan fingerprint density at radius 1 is 1.05 bits per heavy atom. The van der Waals surface area contributed by atoms with Crippen molar-refractivity contribution < 1.29 is 32.0 Å². The lowest BCUT2D eigenvalue weighted by Crippen LogP contribution is -2.42. The molecule has 0 radical (unpaired) electrons. The van der Waals surface area contributed by atoms with E-state index in [9.17, 15) is 18.0 Å². The van der Waals surface area contributed by atoms with Crippen LogP contribution in [-0.4, -0.2) is 75.5 Å². The average Bonchev–Trinajstić information content (AvgIpc) is 3.58. The number of aromatic nitrogens is 4. The zero-order valence-corrected chi connectivity index (χ0v) is 23.0. The van der Waals surface area contributed by atoms with Crippen molar-refractivity contribution in [2.45, 2.75) is 63.9 Å². The predicted molar refractivity (Wildman–Crippen MR) is 140 cm³/mol. The van der Waals surface area contributed by atoms with E-state index in [1.54, 1.807) is 9.80 Å². The topological polar surface area (TPSA) is 133 Å². The molecule has 3 atom stereocenters. The number of anilines is 1. The molecule has 0 saturated carbocycles.